The molecule has 0 spiro atoms. The number of hydrogen-bond donors (Lipinski definition) is 2. The van der Waals surface area contributed by atoms with Crippen molar-refractivity contribution in [1.29, 1.82) is 0 Å². The Kier molecular flexibility index (Phi) is 7.69. The molecule has 2 aliphatic rings. The van der Waals surface area contributed by atoms with Crippen molar-refractivity contribution in [1.82, 2.24) is 9.80 Å². The van der Waals surface area contributed by atoms with Crippen LogP contribution < -0.4 is 15.4 Å². The third kappa shape index (κ3) is 5.66. The number of carbonyl (C=O) groups excluding carboxylic acids is 1. The maximum atomic E-state index is 12.8. The minimum atomic E-state index is -0.655. The summed E-state index contributed by atoms with van der Waals surface area (Å²) in [6.07, 6.45) is 2.64. The van der Waals surface area contributed by atoms with Gasteiger partial charge in [0, 0.05) is 50.5 Å². The summed E-state index contributed by atoms with van der Waals surface area (Å²) in [5.74, 6) is 0.723. The van der Waals surface area contributed by atoms with Crippen LogP contribution in [0.25, 0.3) is 0 Å². The Morgan fingerprint density at radius 3 is 2.42 bits per heavy atom. The Bertz CT molecular complexity index is 832. The quantitative estimate of drug-likeness (QED) is 0.650. The predicted molar refractivity (Wildman–Crippen MR) is 132 cm³/mol. The van der Waals surface area contributed by atoms with E-state index in [1.165, 1.54) is 11.3 Å². The minimum Gasteiger partial charge on any atom is -0.495 e. The summed E-state index contributed by atoms with van der Waals surface area (Å²) >= 11 is 0. The predicted octanol–water partition coefficient (Wildman–Crippen LogP) is 3.11. The number of piperidine rings is 1. The van der Waals surface area contributed by atoms with Gasteiger partial charge in [-0.15, -0.1) is 0 Å². The zero-order chi connectivity index (χ0) is 24.4. The Hall–Kier alpha value is -2.19. The van der Waals surface area contributed by atoms with Crippen LogP contribution in [0.4, 0.5) is 16.2 Å². The van der Waals surface area contributed by atoms with E-state index >= 15 is 0 Å². The van der Waals surface area contributed by atoms with E-state index in [0.717, 1.165) is 44.6 Å². The summed E-state index contributed by atoms with van der Waals surface area (Å²) in [5, 5.41) is 10.2. The molecular weight excluding hydrogens is 420 g/mol. The molecule has 2 fully saturated rings. The number of methoxy groups -OCH3 is 1. The van der Waals surface area contributed by atoms with Crippen LogP contribution in [0, 0.1) is 0 Å². The molecule has 2 saturated heterocycles. The molecule has 1 amide bonds. The molecule has 2 heterocycles. The fourth-order valence-corrected chi connectivity index (χ4v) is 5.04. The number of piperazine rings is 1. The van der Waals surface area contributed by atoms with Gasteiger partial charge >= 0.3 is 6.09 Å². The van der Waals surface area contributed by atoms with E-state index in [4.69, 9.17) is 15.2 Å². The zero-order valence-corrected chi connectivity index (χ0v) is 21.2. The lowest BCUT2D eigenvalue weighted by Gasteiger charge is -2.51. The van der Waals surface area contributed by atoms with Crippen molar-refractivity contribution in [2.75, 3.05) is 57.1 Å². The van der Waals surface area contributed by atoms with Crippen molar-refractivity contribution >= 4 is 17.5 Å². The Morgan fingerprint density at radius 2 is 1.88 bits per heavy atom. The average molecular weight is 463 g/mol. The number of aryl methyl sites for hydroxylation is 1. The van der Waals surface area contributed by atoms with Crippen LogP contribution in [0.3, 0.4) is 0 Å². The molecule has 0 aliphatic carbocycles. The summed E-state index contributed by atoms with van der Waals surface area (Å²) < 4.78 is 11.1. The van der Waals surface area contributed by atoms with Gasteiger partial charge in [-0.25, -0.2) is 4.79 Å². The number of ether oxygens (including phenoxy) is 2. The number of aliphatic hydroxyl groups is 1. The van der Waals surface area contributed by atoms with Gasteiger partial charge in [0.15, 0.2) is 0 Å². The van der Waals surface area contributed by atoms with Crippen LogP contribution in [-0.4, -0.2) is 84.6 Å². The van der Waals surface area contributed by atoms with Gasteiger partial charge < -0.3 is 25.2 Å². The molecule has 1 aromatic rings. The van der Waals surface area contributed by atoms with E-state index < -0.39 is 11.1 Å². The summed E-state index contributed by atoms with van der Waals surface area (Å²) in [6.45, 7) is 13.5. The summed E-state index contributed by atoms with van der Waals surface area (Å²) in [6, 6.07) is 4.52. The standard InChI is InChI=1S/C25H42N4O4/c1-7-18-14-20(26)22(32-6)15-21(18)27-10-8-19(9-11-27)28-12-13-29(25(5,16-28)17-30)23(31)33-24(2,3)4/h14-15,19,30H,7-13,16-17,26H2,1-6H3/t25-/m1/s1. The number of nitrogens with zero attached hydrogens (tertiary/aromatic N) is 3. The Morgan fingerprint density at radius 1 is 1.21 bits per heavy atom. The molecule has 1 atom stereocenters. The van der Waals surface area contributed by atoms with Crippen molar-refractivity contribution in [2.24, 2.45) is 0 Å². The fraction of sp³-hybridized carbons (Fsp3) is 0.720. The molecule has 2 aliphatic heterocycles. The second-order valence-corrected chi connectivity index (χ2v) is 10.6. The van der Waals surface area contributed by atoms with E-state index in [2.05, 4.69) is 22.8 Å². The average Bonchev–Trinajstić information content (AvgIpc) is 2.77. The smallest absolute Gasteiger partial charge is 0.410 e. The van der Waals surface area contributed by atoms with Crippen LogP contribution in [0.1, 0.15) is 53.0 Å². The van der Waals surface area contributed by atoms with Crippen LogP contribution in [-0.2, 0) is 11.2 Å². The first-order chi connectivity index (χ1) is 15.5. The molecule has 186 valence electrons. The van der Waals surface area contributed by atoms with Gasteiger partial charge in [0.05, 0.1) is 24.9 Å². The Labute approximate surface area is 198 Å². The second kappa shape index (κ2) is 9.97. The van der Waals surface area contributed by atoms with E-state index in [9.17, 15) is 9.90 Å². The number of rotatable bonds is 5. The van der Waals surface area contributed by atoms with Crippen molar-refractivity contribution in [3.05, 3.63) is 17.7 Å². The monoisotopic (exact) mass is 462 g/mol. The normalized spacial score (nSPS) is 23.0. The molecule has 8 heteroatoms. The van der Waals surface area contributed by atoms with Gasteiger partial charge in [-0.2, -0.15) is 0 Å². The number of aliphatic hydroxyl groups excluding tert-OH is 1. The molecule has 0 unspecified atom stereocenters. The lowest BCUT2D eigenvalue weighted by molar-refractivity contribution is -0.0562. The number of hydrogen-bond acceptors (Lipinski definition) is 7. The molecule has 33 heavy (non-hydrogen) atoms. The van der Waals surface area contributed by atoms with Crippen molar-refractivity contribution in [3.8, 4) is 5.75 Å². The first kappa shape index (κ1) is 25.4. The molecule has 3 N–H and O–H groups in total. The second-order valence-electron chi connectivity index (χ2n) is 10.6. The van der Waals surface area contributed by atoms with Crippen LogP contribution in [0.2, 0.25) is 0 Å². The highest BCUT2D eigenvalue weighted by Gasteiger charge is 2.43. The van der Waals surface area contributed by atoms with Gasteiger partial charge in [-0.05, 0) is 58.6 Å². The van der Waals surface area contributed by atoms with E-state index in [-0.39, 0.29) is 12.7 Å². The number of carbonyl (C=O) groups is 1. The van der Waals surface area contributed by atoms with Crippen LogP contribution in [0.5, 0.6) is 5.75 Å². The third-order valence-electron chi connectivity index (χ3n) is 6.89. The van der Waals surface area contributed by atoms with E-state index in [1.54, 1.807) is 12.0 Å². The number of anilines is 2. The van der Waals surface area contributed by atoms with Crippen molar-refractivity contribution in [2.45, 2.75) is 71.1 Å². The van der Waals surface area contributed by atoms with Gasteiger partial charge in [0.2, 0.25) is 0 Å². The summed E-state index contributed by atoms with van der Waals surface area (Å²) in [7, 11) is 1.66. The van der Waals surface area contributed by atoms with Gasteiger partial charge in [0.1, 0.15) is 11.4 Å². The van der Waals surface area contributed by atoms with Crippen LogP contribution >= 0.6 is 0 Å². The summed E-state index contributed by atoms with van der Waals surface area (Å²) in [4.78, 5) is 19.3. The molecule has 0 saturated carbocycles. The molecule has 3 rings (SSSR count). The largest absolute Gasteiger partial charge is 0.495 e. The molecule has 8 nitrogen and oxygen atoms in total. The van der Waals surface area contributed by atoms with Crippen molar-refractivity contribution < 1.29 is 19.4 Å². The Balaban J connectivity index is 1.66. The lowest BCUT2D eigenvalue weighted by atomic mass is 9.93. The zero-order valence-electron chi connectivity index (χ0n) is 21.2. The molecule has 0 aromatic heterocycles. The fourth-order valence-electron chi connectivity index (χ4n) is 5.04. The van der Waals surface area contributed by atoms with E-state index in [0.29, 0.717) is 24.8 Å². The maximum absolute atomic E-state index is 12.8. The first-order valence-corrected chi connectivity index (χ1v) is 12.1. The highest BCUT2D eigenvalue weighted by molar-refractivity contribution is 5.69. The summed E-state index contributed by atoms with van der Waals surface area (Å²) in [5.41, 5.74) is 8.04. The number of benzene rings is 1. The van der Waals surface area contributed by atoms with Crippen molar-refractivity contribution in [3.63, 3.8) is 0 Å². The minimum absolute atomic E-state index is 0.0906. The van der Waals surface area contributed by atoms with Gasteiger partial charge in [-0.3, -0.25) is 9.80 Å². The third-order valence-corrected chi connectivity index (χ3v) is 6.89. The molecule has 0 radical (unpaired) electrons. The molecular formula is C25H42N4O4. The highest BCUT2D eigenvalue weighted by Crippen LogP contribution is 2.35. The van der Waals surface area contributed by atoms with Gasteiger partial charge in [0.25, 0.3) is 0 Å². The number of nitrogens with two attached hydrogens (primary N) is 1. The SMILES string of the molecule is CCc1cc(N)c(OC)cc1N1CCC(N2CCN(C(=O)OC(C)(C)C)[C@@](C)(CO)C2)CC1. The first-order valence-electron chi connectivity index (χ1n) is 12.1. The van der Waals surface area contributed by atoms with Crippen LogP contribution in [0.15, 0.2) is 12.1 Å². The van der Waals surface area contributed by atoms with E-state index in [1.807, 2.05) is 33.8 Å². The van der Waals surface area contributed by atoms with Gasteiger partial charge in [-0.1, -0.05) is 6.92 Å². The number of nitrogen functional groups attached to an aromatic ring is 1. The number of amides is 1. The molecule has 0 bridgehead atoms. The molecule has 1 aromatic carbocycles. The topological polar surface area (TPSA) is 91.5 Å². The highest BCUT2D eigenvalue weighted by atomic mass is 16.6. The lowest BCUT2D eigenvalue weighted by Crippen LogP contribution is -2.66. The maximum Gasteiger partial charge on any atom is 0.410 e.